The van der Waals surface area contributed by atoms with Crippen LogP contribution in [0.4, 0.5) is 10.6 Å². The molecule has 1 unspecified atom stereocenters. The number of carbonyl (C=O) groups is 1. The first-order valence-corrected chi connectivity index (χ1v) is 12.8. The average molecular weight is 502 g/mol. The number of aliphatic hydroxyl groups is 4. The van der Waals surface area contributed by atoms with Crippen molar-refractivity contribution >= 4 is 11.9 Å². The van der Waals surface area contributed by atoms with Gasteiger partial charge in [-0.2, -0.15) is 5.10 Å². The maximum Gasteiger partial charge on any atom is 0.415 e. The van der Waals surface area contributed by atoms with E-state index >= 15 is 0 Å². The molecule has 1 aromatic heterocycles. The number of ether oxygens (including phenoxy) is 1. The van der Waals surface area contributed by atoms with Gasteiger partial charge in [0.05, 0.1) is 18.1 Å². The predicted octanol–water partition coefficient (Wildman–Crippen LogP) is 1.93. The zero-order valence-electron chi connectivity index (χ0n) is 22.1. The van der Waals surface area contributed by atoms with E-state index in [4.69, 9.17) is 4.74 Å². The summed E-state index contributed by atoms with van der Waals surface area (Å²) in [6, 6.07) is 1.75. The highest BCUT2D eigenvalue weighted by atomic mass is 16.6. The maximum absolute atomic E-state index is 13.3. The zero-order valence-corrected chi connectivity index (χ0v) is 22.1. The summed E-state index contributed by atoms with van der Waals surface area (Å²) in [5, 5.41) is 50.7. The molecule has 9 atom stereocenters. The maximum atomic E-state index is 13.3. The molecule has 0 radical (unpaired) electrons. The van der Waals surface area contributed by atoms with Crippen molar-refractivity contribution in [3.05, 3.63) is 35.1 Å². The highest BCUT2D eigenvalue weighted by molar-refractivity contribution is 5.86. The molecule has 1 aromatic rings. The van der Waals surface area contributed by atoms with Crippen molar-refractivity contribution in [1.29, 1.82) is 0 Å². The second kappa shape index (κ2) is 7.90. The quantitative estimate of drug-likeness (QED) is 0.466. The van der Waals surface area contributed by atoms with Gasteiger partial charge >= 0.3 is 6.09 Å². The van der Waals surface area contributed by atoms with Crippen molar-refractivity contribution in [2.75, 3.05) is 18.6 Å². The normalized spacial score (nSPS) is 42.4. The number of fused-ring (bicyclic) bond motifs is 3. The molecule has 198 valence electrons. The van der Waals surface area contributed by atoms with Crippen LogP contribution in [0.1, 0.15) is 39.8 Å². The van der Waals surface area contributed by atoms with E-state index in [1.165, 1.54) is 11.9 Å². The largest absolute Gasteiger partial charge is 0.438 e. The summed E-state index contributed by atoms with van der Waals surface area (Å²) in [6.07, 6.45) is -0.158. The third kappa shape index (κ3) is 3.03. The molecule has 9 nitrogen and oxygen atoms in total. The van der Waals surface area contributed by atoms with E-state index in [0.29, 0.717) is 17.3 Å². The van der Waals surface area contributed by atoms with Crippen molar-refractivity contribution in [3.63, 3.8) is 0 Å². The number of hydrogen-bond acceptors (Lipinski definition) is 7. The van der Waals surface area contributed by atoms with E-state index in [9.17, 15) is 25.2 Å². The second-order valence-corrected chi connectivity index (χ2v) is 12.2. The van der Waals surface area contributed by atoms with E-state index in [-0.39, 0.29) is 28.7 Å². The Bertz CT molecular complexity index is 1140. The van der Waals surface area contributed by atoms with Crippen LogP contribution in [0.25, 0.3) is 0 Å². The molecule has 4 aliphatic carbocycles. The number of rotatable bonds is 3. The number of hydrogen-bond donors (Lipinski definition) is 4. The van der Waals surface area contributed by atoms with E-state index in [1.54, 1.807) is 30.8 Å². The molecule has 4 aliphatic rings. The van der Waals surface area contributed by atoms with Crippen molar-refractivity contribution in [1.82, 2.24) is 9.78 Å². The number of nitrogens with zero attached hydrogens (tertiary/aromatic N) is 3. The summed E-state index contributed by atoms with van der Waals surface area (Å²) in [7, 11) is 3.31. The minimum atomic E-state index is -2.06. The average Bonchev–Trinajstić information content (AvgIpc) is 3.10. The number of anilines is 1. The van der Waals surface area contributed by atoms with Gasteiger partial charge in [-0.3, -0.25) is 9.58 Å². The van der Waals surface area contributed by atoms with E-state index in [2.05, 4.69) is 18.9 Å². The predicted molar refractivity (Wildman–Crippen MR) is 133 cm³/mol. The van der Waals surface area contributed by atoms with Crippen molar-refractivity contribution in [3.8, 4) is 0 Å². The summed E-state index contributed by atoms with van der Waals surface area (Å²) in [5.74, 6) is 0.338. The lowest BCUT2D eigenvalue weighted by atomic mass is 9.58. The summed E-state index contributed by atoms with van der Waals surface area (Å²) >= 11 is 0. The molecule has 2 fully saturated rings. The fourth-order valence-corrected chi connectivity index (χ4v) is 7.88. The molecule has 0 aromatic carbocycles. The molecule has 36 heavy (non-hydrogen) atoms. The summed E-state index contributed by atoms with van der Waals surface area (Å²) in [5.41, 5.74) is -1.64. The zero-order chi connectivity index (χ0) is 26.5. The van der Waals surface area contributed by atoms with E-state index < -0.39 is 42.0 Å². The van der Waals surface area contributed by atoms with Gasteiger partial charge in [-0.25, -0.2) is 4.79 Å². The molecular weight excluding hydrogens is 462 g/mol. The Hall–Kier alpha value is -2.20. The van der Waals surface area contributed by atoms with Crippen LogP contribution in [0.2, 0.25) is 0 Å². The standard InChI is InChI=1S/C27H39N3O6/c1-13-11-26-14(2)8-18-20(25(18,4)5)17(22(26)33)10-16(12-31)21(32)27(26,35)23(13)36-24(34)29(6)19-9-15(3)30(7)28-19/h9-11,14,17-18,20-23,31-33,35H,8,12H2,1-7H3/t14-,17+,18-,20+,21-,22?,23+,26+,27+/m1/s1. The van der Waals surface area contributed by atoms with Crippen LogP contribution in [-0.2, 0) is 11.8 Å². The summed E-state index contributed by atoms with van der Waals surface area (Å²) in [6.45, 7) is 9.53. The van der Waals surface area contributed by atoms with Crippen LogP contribution in [0.15, 0.2) is 29.4 Å². The van der Waals surface area contributed by atoms with Crippen LogP contribution in [0.3, 0.4) is 0 Å². The van der Waals surface area contributed by atoms with Crippen molar-refractivity contribution in [2.24, 2.45) is 41.5 Å². The van der Waals surface area contributed by atoms with Gasteiger partial charge in [0.1, 0.15) is 11.7 Å². The number of aryl methyl sites for hydroxylation is 2. The highest BCUT2D eigenvalue weighted by Crippen LogP contribution is 2.72. The second-order valence-electron chi connectivity index (χ2n) is 12.2. The van der Waals surface area contributed by atoms with Gasteiger partial charge in [-0.05, 0) is 54.6 Å². The van der Waals surface area contributed by atoms with Crippen molar-refractivity contribution < 1.29 is 30.0 Å². The highest BCUT2D eigenvalue weighted by Gasteiger charge is 2.76. The minimum Gasteiger partial charge on any atom is -0.438 e. The molecule has 5 rings (SSSR count). The number of aliphatic hydroxyl groups excluding tert-OH is 3. The van der Waals surface area contributed by atoms with Gasteiger partial charge in [0.25, 0.3) is 0 Å². The molecule has 2 saturated carbocycles. The Morgan fingerprint density at radius 1 is 1.31 bits per heavy atom. The molecule has 0 saturated heterocycles. The van der Waals surface area contributed by atoms with Crippen LogP contribution >= 0.6 is 0 Å². The number of aromatic nitrogens is 2. The monoisotopic (exact) mass is 501 g/mol. The van der Waals surface area contributed by atoms with Gasteiger partial charge in [-0.15, -0.1) is 0 Å². The first kappa shape index (κ1) is 25.4. The molecular formula is C27H39N3O6. The van der Waals surface area contributed by atoms with Crippen LogP contribution in [-0.4, -0.2) is 73.9 Å². The van der Waals surface area contributed by atoms with Gasteiger partial charge in [0.2, 0.25) is 0 Å². The third-order valence-corrected chi connectivity index (χ3v) is 10.1. The lowest BCUT2D eigenvalue weighted by Crippen LogP contribution is -2.67. The first-order chi connectivity index (χ1) is 16.7. The van der Waals surface area contributed by atoms with Gasteiger partial charge in [0.15, 0.2) is 11.9 Å². The number of amides is 1. The first-order valence-electron chi connectivity index (χ1n) is 12.8. The summed E-state index contributed by atoms with van der Waals surface area (Å²) in [4.78, 5) is 14.5. The summed E-state index contributed by atoms with van der Waals surface area (Å²) < 4.78 is 7.57. The third-order valence-electron chi connectivity index (χ3n) is 10.1. The van der Waals surface area contributed by atoms with Gasteiger partial charge in [0, 0.05) is 31.8 Å². The SMILES string of the molecule is CC1=C[C@]23C(O)[C@@H](C=C(CO)[C@@H](O)[C@]2(O)[C@H]1OC(=O)N(C)c1cc(C)n(C)n1)[C@H]1[C@@H](C[C@H]3C)C1(C)C. The molecule has 2 bridgehead atoms. The van der Waals surface area contributed by atoms with Crippen LogP contribution in [0.5, 0.6) is 0 Å². The van der Waals surface area contributed by atoms with Crippen molar-refractivity contribution in [2.45, 2.75) is 65.0 Å². The molecule has 4 N–H and O–H groups in total. The Kier molecular flexibility index (Phi) is 5.58. The Balaban J connectivity index is 1.57. The molecule has 1 spiro atoms. The topological polar surface area (TPSA) is 128 Å². The Labute approximate surface area is 212 Å². The lowest BCUT2D eigenvalue weighted by Gasteiger charge is -2.52. The molecule has 0 aliphatic heterocycles. The van der Waals surface area contributed by atoms with Gasteiger partial charge < -0.3 is 25.2 Å². The Morgan fingerprint density at radius 2 is 1.97 bits per heavy atom. The fraction of sp³-hybridized carbons (Fsp3) is 0.704. The Morgan fingerprint density at radius 3 is 2.56 bits per heavy atom. The molecule has 9 heteroatoms. The molecule has 1 heterocycles. The van der Waals surface area contributed by atoms with E-state index in [0.717, 1.165) is 12.1 Å². The lowest BCUT2D eigenvalue weighted by molar-refractivity contribution is -0.214. The van der Waals surface area contributed by atoms with Crippen LogP contribution in [0, 0.1) is 41.4 Å². The van der Waals surface area contributed by atoms with Gasteiger partial charge in [-0.1, -0.05) is 32.9 Å². The van der Waals surface area contributed by atoms with E-state index in [1.807, 2.05) is 19.9 Å². The number of carbonyl (C=O) groups excluding carboxylic acids is 1. The van der Waals surface area contributed by atoms with Crippen LogP contribution < -0.4 is 4.90 Å². The molecule has 1 amide bonds. The minimum absolute atomic E-state index is 0.0126. The fourth-order valence-electron chi connectivity index (χ4n) is 7.88. The smallest absolute Gasteiger partial charge is 0.415 e.